The quantitative estimate of drug-likeness (QED) is 0.330. The molecule has 0 aliphatic heterocycles. The van der Waals surface area contributed by atoms with Gasteiger partial charge in [-0.25, -0.2) is 37.7 Å². The van der Waals surface area contributed by atoms with E-state index in [-0.39, 0.29) is 24.0 Å². The van der Waals surface area contributed by atoms with Crippen molar-refractivity contribution in [3.05, 3.63) is 12.4 Å². The molecule has 0 aromatic carbocycles. The molecule has 0 saturated heterocycles. The first-order chi connectivity index (χ1) is 8.95. The van der Waals surface area contributed by atoms with Crippen LogP contribution >= 0.6 is 0 Å². The van der Waals surface area contributed by atoms with Crippen molar-refractivity contribution in [1.82, 2.24) is 14.7 Å². The van der Waals surface area contributed by atoms with Gasteiger partial charge in [0, 0.05) is 6.54 Å². The number of hydrogen-bond acceptors (Lipinski definition) is 7. The van der Waals surface area contributed by atoms with Gasteiger partial charge in [0.25, 0.3) is 6.43 Å². The average molecular weight is 297 g/mol. The Balaban J connectivity index is 2.46. The molecule has 0 aliphatic carbocycles. The molecule has 0 atom stereocenters. The summed E-state index contributed by atoms with van der Waals surface area (Å²) < 4.78 is 53.5. The number of nitrogen functional groups attached to an aromatic ring is 1. The standard InChI is InChI=1S/C8H13F2N5O3S/c9-7(10)5-18-2-1-14-19(16,17)6-3-12-8(15-11)13-4-6/h3-4,7,14H,1-2,5,11H2,(H,12,13,15). The van der Waals surface area contributed by atoms with E-state index < -0.39 is 23.1 Å². The summed E-state index contributed by atoms with van der Waals surface area (Å²) in [5, 5.41) is 0. The van der Waals surface area contributed by atoms with Crippen molar-refractivity contribution in [2.45, 2.75) is 11.3 Å². The minimum absolute atomic E-state index is 0.0687. The van der Waals surface area contributed by atoms with Gasteiger partial charge in [0.1, 0.15) is 11.5 Å². The molecule has 1 heterocycles. The van der Waals surface area contributed by atoms with Crippen LogP contribution in [0.2, 0.25) is 0 Å². The van der Waals surface area contributed by atoms with Gasteiger partial charge in [-0.05, 0) is 0 Å². The Kier molecular flexibility index (Phi) is 5.95. The van der Waals surface area contributed by atoms with E-state index in [1.54, 1.807) is 0 Å². The molecule has 1 rings (SSSR count). The first-order valence-corrected chi connectivity index (χ1v) is 6.58. The Bertz CT molecular complexity index is 482. The zero-order valence-corrected chi connectivity index (χ0v) is 10.5. The Hall–Kier alpha value is -1.43. The van der Waals surface area contributed by atoms with Crippen LogP contribution in [0, 0.1) is 0 Å². The molecule has 4 N–H and O–H groups in total. The van der Waals surface area contributed by atoms with Gasteiger partial charge in [-0.3, -0.25) is 5.43 Å². The van der Waals surface area contributed by atoms with Crippen LogP contribution in [-0.4, -0.2) is 44.6 Å². The number of ether oxygens (including phenoxy) is 1. The van der Waals surface area contributed by atoms with Gasteiger partial charge in [0.05, 0.1) is 19.0 Å². The van der Waals surface area contributed by atoms with Crippen molar-refractivity contribution in [3.63, 3.8) is 0 Å². The molecule has 8 nitrogen and oxygen atoms in total. The lowest BCUT2D eigenvalue weighted by atomic mass is 10.7. The maximum absolute atomic E-state index is 11.7. The van der Waals surface area contributed by atoms with E-state index in [0.717, 1.165) is 12.4 Å². The Morgan fingerprint density at radius 2 is 2.00 bits per heavy atom. The smallest absolute Gasteiger partial charge is 0.261 e. The van der Waals surface area contributed by atoms with Crippen molar-refractivity contribution >= 4 is 16.0 Å². The SMILES string of the molecule is NNc1ncc(S(=O)(=O)NCCOCC(F)F)cn1. The summed E-state index contributed by atoms with van der Waals surface area (Å²) >= 11 is 0. The molecule has 0 saturated carbocycles. The second kappa shape index (κ2) is 7.23. The number of hydrogen-bond donors (Lipinski definition) is 3. The molecule has 11 heteroatoms. The number of hydrazine groups is 1. The maximum atomic E-state index is 11.7. The van der Waals surface area contributed by atoms with Gasteiger partial charge in [-0.15, -0.1) is 0 Å². The Labute approximate surface area is 108 Å². The van der Waals surface area contributed by atoms with Crippen molar-refractivity contribution < 1.29 is 21.9 Å². The number of halogens is 2. The molecule has 0 unspecified atom stereocenters. The highest BCUT2D eigenvalue weighted by Gasteiger charge is 2.14. The fourth-order valence-corrected chi connectivity index (χ4v) is 1.94. The minimum Gasteiger partial charge on any atom is -0.374 e. The summed E-state index contributed by atoms with van der Waals surface area (Å²) in [6, 6.07) is 0. The van der Waals surface area contributed by atoms with E-state index in [4.69, 9.17) is 5.84 Å². The van der Waals surface area contributed by atoms with Crippen LogP contribution in [0.25, 0.3) is 0 Å². The van der Waals surface area contributed by atoms with E-state index in [0.29, 0.717) is 0 Å². The molecule has 0 amide bonds. The number of nitrogens with one attached hydrogen (secondary N) is 2. The minimum atomic E-state index is -3.80. The van der Waals surface area contributed by atoms with Crippen LogP contribution in [0.15, 0.2) is 17.3 Å². The molecular formula is C8H13F2N5O3S. The summed E-state index contributed by atoms with van der Waals surface area (Å²) in [7, 11) is -3.80. The van der Waals surface area contributed by atoms with Crippen LogP contribution in [0.5, 0.6) is 0 Å². The van der Waals surface area contributed by atoms with Crippen molar-refractivity contribution in [2.75, 3.05) is 25.2 Å². The largest absolute Gasteiger partial charge is 0.374 e. The Morgan fingerprint density at radius 3 is 2.53 bits per heavy atom. The van der Waals surface area contributed by atoms with E-state index in [9.17, 15) is 17.2 Å². The van der Waals surface area contributed by atoms with Gasteiger partial charge in [-0.2, -0.15) is 0 Å². The van der Waals surface area contributed by atoms with Gasteiger partial charge in [0.2, 0.25) is 16.0 Å². The predicted molar refractivity (Wildman–Crippen MR) is 61.9 cm³/mol. The summed E-state index contributed by atoms with van der Waals surface area (Å²) in [6.07, 6.45) is -0.462. The summed E-state index contributed by atoms with van der Waals surface area (Å²) in [5.41, 5.74) is 2.15. The first kappa shape index (κ1) is 15.6. The fourth-order valence-electron chi connectivity index (χ4n) is 1.03. The first-order valence-electron chi connectivity index (χ1n) is 5.10. The number of nitrogens with two attached hydrogens (primary N) is 1. The molecule has 0 fully saturated rings. The third-order valence-corrected chi connectivity index (χ3v) is 3.27. The highest BCUT2D eigenvalue weighted by molar-refractivity contribution is 7.89. The number of aromatic nitrogens is 2. The third-order valence-electron chi connectivity index (χ3n) is 1.85. The molecular weight excluding hydrogens is 284 g/mol. The fraction of sp³-hybridized carbons (Fsp3) is 0.500. The second-order valence-electron chi connectivity index (χ2n) is 3.25. The summed E-state index contributed by atoms with van der Waals surface area (Å²) in [5.74, 6) is 5.10. The zero-order chi connectivity index (χ0) is 14.3. The molecule has 108 valence electrons. The number of nitrogens with zero attached hydrogens (tertiary/aromatic N) is 2. The van der Waals surface area contributed by atoms with E-state index in [1.807, 2.05) is 0 Å². The van der Waals surface area contributed by atoms with Gasteiger partial charge in [0.15, 0.2) is 0 Å². The maximum Gasteiger partial charge on any atom is 0.261 e. The van der Waals surface area contributed by atoms with Gasteiger partial charge >= 0.3 is 0 Å². The highest BCUT2D eigenvalue weighted by atomic mass is 32.2. The topological polar surface area (TPSA) is 119 Å². The number of rotatable bonds is 8. The normalized spacial score (nSPS) is 11.8. The molecule has 0 bridgehead atoms. The molecule has 19 heavy (non-hydrogen) atoms. The van der Waals surface area contributed by atoms with Crippen LogP contribution in [-0.2, 0) is 14.8 Å². The molecule has 0 spiro atoms. The lowest BCUT2D eigenvalue weighted by molar-refractivity contribution is 0.0199. The predicted octanol–water partition coefficient (Wildman–Crippen LogP) is -0.678. The number of anilines is 1. The average Bonchev–Trinajstić information content (AvgIpc) is 2.38. The molecule has 0 radical (unpaired) electrons. The summed E-state index contributed by atoms with van der Waals surface area (Å²) in [6.45, 7) is -1.03. The van der Waals surface area contributed by atoms with Crippen molar-refractivity contribution in [2.24, 2.45) is 5.84 Å². The number of sulfonamides is 1. The van der Waals surface area contributed by atoms with E-state index in [2.05, 4.69) is 24.9 Å². The monoisotopic (exact) mass is 297 g/mol. The van der Waals surface area contributed by atoms with Crippen molar-refractivity contribution in [1.29, 1.82) is 0 Å². The van der Waals surface area contributed by atoms with Crippen LogP contribution in [0.4, 0.5) is 14.7 Å². The highest BCUT2D eigenvalue weighted by Crippen LogP contribution is 2.06. The van der Waals surface area contributed by atoms with E-state index >= 15 is 0 Å². The van der Waals surface area contributed by atoms with Gasteiger partial charge < -0.3 is 4.74 Å². The molecule has 1 aromatic heterocycles. The lowest BCUT2D eigenvalue weighted by Crippen LogP contribution is -2.28. The molecule has 1 aromatic rings. The van der Waals surface area contributed by atoms with Crippen LogP contribution in [0.3, 0.4) is 0 Å². The zero-order valence-electron chi connectivity index (χ0n) is 9.71. The Morgan fingerprint density at radius 1 is 1.37 bits per heavy atom. The summed E-state index contributed by atoms with van der Waals surface area (Å²) in [4.78, 5) is 7.10. The van der Waals surface area contributed by atoms with Gasteiger partial charge in [-0.1, -0.05) is 0 Å². The lowest BCUT2D eigenvalue weighted by Gasteiger charge is -2.07. The second-order valence-corrected chi connectivity index (χ2v) is 5.02. The third kappa shape index (κ3) is 5.38. The van der Waals surface area contributed by atoms with Crippen molar-refractivity contribution in [3.8, 4) is 0 Å². The van der Waals surface area contributed by atoms with Crippen LogP contribution < -0.4 is 16.0 Å². The number of alkyl halides is 2. The van der Waals surface area contributed by atoms with Crippen LogP contribution in [0.1, 0.15) is 0 Å². The molecule has 0 aliphatic rings. The van der Waals surface area contributed by atoms with E-state index in [1.165, 1.54) is 0 Å².